The average molecular weight is 643 g/mol. The van der Waals surface area contributed by atoms with Gasteiger partial charge < -0.3 is 14.7 Å². The highest BCUT2D eigenvalue weighted by molar-refractivity contribution is 5.92. The minimum Gasteiger partial charge on any atom is -0.481 e. The molecule has 0 radical (unpaired) electrons. The predicted octanol–water partition coefficient (Wildman–Crippen LogP) is 9.08. The van der Waals surface area contributed by atoms with Crippen LogP contribution in [-0.2, 0) is 23.6 Å². The van der Waals surface area contributed by atoms with Crippen LogP contribution >= 0.6 is 0 Å². The van der Waals surface area contributed by atoms with Crippen molar-refractivity contribution in [3.05, 3.63) is 106 Å². The highest BCUT2D eigenvalue weighted by Gasteiger charge is 2.37. The van der Waals surface area contributed by atoms with Gasteiger partial charge in [-0.05, 0) is 84.1 Å². The van der Waals surface area contributed by atoms with E-state index in [1.165, 1.54) is 38.4 Å². The van der Waals surface area contributed by atoms with Gasteiger partial charge in [-0.2, -0.15) is 26.3 Å². The van der Waals surface area contributed by atoms with Crippen molar-refractivity contribution in [1.29, 1.82) is 0 Å². The van der Waals surface area contributed by atoms with E-state index in [9.17, 15) is 36.2 Å². The topological polar surface area (TPSA) is 81.0 Å². The van der Waals surface area contributed by atoms with Gasteiger partial charge in [0.25, 0.3) is 0 Å². The molecule has 1 aliphatic heterocycles. The molecular weight excluding hydrogens is 614 g/mol. The SMILES string of the molecule is COc1ncc(-c2ccc(C(=O)O)cc2C)cc1-c1ccc(C(F)(F)F)cc1CC1=NO[C@H](c2cc(C)cc(C(F)(F)F)c2)[C@@H]1C. The van der Waals surface area contributed by atoms with E-state index in [4.69, 9.17) is 9.57 Å². The third-order valence-corrected chi connectivity index (χ3v) is 7.94. The first-order valence-electron chi connectivity index (χ1n) is 14.1. The summed E-state index contributed by atoms with van der Waals surface area (Å²) < 4.78 is 87.7. The molecule has 0 saturated heterocycles. The Morgan fingerprint density at radius 1 is 0.891 bits per heavy atom. The molecule has 0 spiro atoms. The van der Waals surface area contributed by atoms with Gasteiger partial charge in [-0.3, -0.25) is 0 Å². The molecule has 0 bridgehead atoms. The molecule has 0 aliphatic carbocycles. The van der Waals surface area contributed by atoms with E-state index >= 15 is 0 Å². The van der Waals surface area contributed by atoms with E-state index in [-0.39, 0.29) is 29.0 Å². The summed E-state index contributed by atoms with van der Waals surface area (Å²) in [5.41, 5.74) is 2.20. The Morgan fingerprint density at radius 2 is 1.59 bits per heavy atom. The zero-order valence-corrected chi connectivity index (χ0v) is 25.0. The lowest BCUT2D eigenvalue weighted by molar-refractivity contribution is -0.138. The molecule has 0 amide bonds. The third kappa shape index (κ3) is 6.56. The lowest BCUT2D eigenvalue weighted by Crippen LogP contribution is -2.17. The summed E-state index contributed by atoms with van der Waals surface area (Å²) in [6.07, 6.45) is -8.68. The standard InChI is InChI=1S/C34H28F6N2O4/c1-17-9-22(13-25(10-17)34(38,39)40)30-19(3)29(42-46-30)15-21-12-24(33(35,36)37)6-8-27(21)28-14-23(16-41-31(28)45-4)26-7-5-20(32(43)44)11-18(26)2/h5-14,16,19,30H,15H2,1-4H3,(H,43,44)/t19-,30+/m1/s1. The zero-order valence-electron chi connectivity index (χ0n) is 25.0. The van der Waals surface area contributed by atoms with Crippen molar-refractivity contribution in [2.75, 3.05) is 7.11 Å². The Balaban J connectivity index is 1.56. The minimum absolute atomic E-state index is 0.0974. The number of aryl methyl sites for hydroxylation is 2. The summed E-state index contributed by atoms with van der Waals surface area (Å²) in [6, 6.07) is 13.1. The van der Waals surface area contributed by atoms with Gasteiger partial charge in [-0.25, -0.2) is 9.78 Å². The number of aromatic carboxylic acids is 1. The number of aromatic nitrogens is 1. The summed E-state index contributed by atoms with van der Waals surface area (Å²) in [5, 5.41) is 13.5. The number of oxime groups is 1. The Morgan fingerprint density at radius 3 is 2.22 bits per heavy atom. The number of carboxylic acid groups (broad SMARTS) is 1. The number of hydrogen-bond donors (Lipinski definition) is 1. The van der Waals surface area contributed by atoms with Gasteiger partial charge in [0.05, 0.1) is 29.5 Å². The van der Waals surface area contributed by atoms with E-state index in [0.717, 1.165) is 24.3 Å². The minimum atomic E-state index is -4.65. The van der Waals surface area contributed by atoms with Crippen LogP contribution in [0.3, 0.4) is 0 Å². The highest BCUT2D eigenvalue weighted by Crippen LogP contribution is 2.41. The molecular formula is C34H28F6N2O4. The normalized spacial score (nSPS) is 16.6. The Hall–Kier alpha value is -4.87. The van der Waals surface area contributed by atoms with Crippen LogP contribution in [0.1, 0.15) is 56.8 Å². The maximum Gasteiger partial charge on any atom is 0.416 e. The molecule has 1 aromatic heterocycles. The number of alkyl halides is 6. The van der Waals surface area contributed by atoms with Crippen molar-refractivity contribution in [2.24, 2.45) is 11.1 Å². The zero-order chi connectivity index (χ0) is 33.6. The molecule has 0 saturated carbocycles. The number of halogens is 6. The fraction of sp³-hybridized carbons (Fsp3) is 0.265. The van der Waals surface area contributed by atoms with Crippen LogP contribution in [-0.4, -0.2) is 28.9 Å². The molecule has 1 N–H and O–H groups in total. The molecule has 2 atom stereocenters. The lowest BCUT2D eigenvalue weighted by atomic mass is 9.86. The van der Waals surface area contributed by atoms with Crippen LogP contribution in [0.15, 0.2) is 72.0 Å². The van der Waals surface area contributed by atoms with Crippen molar-refractivity contribution in [3.8, 4) is 28.1 Å². The maximum absolute atomic E-state index is 13.9. The molecule has 2 heterocycles. The van der Waals surface area contributed by atoms with E-state index in [0.29, 0.717) is 39.1 Å². The predicted molar refractivity (Wildman–Crippen MR) is 159 cm³/mol. The van der Waals surface area contributed by atoms with Gasteiger partial charge in [0, 0.05) is 29.7 Å². The molecule has 12 heteroatoms. The molecule has 46 heavy (non-hydrogen) atoms. The van der Waals surface area contributed by atoms with Gasteiger partial charge >= 0.3 is 18.3 Å². The summed E-state index contributed by atoms with van der Waals surface area (Å²) >= 11 is 0. The monoisotopic (exact) mass is 642 g/mol. The van der Waals surface area contributed by atoms with Crippen LogP contribution < -0.4 is 4.74 Å². The maximum atomic E-state index is 13.9. The Kier molecular flexibility index (Phi) is 8.59. The van der Waals surface area contributed by atoms with E-state index in [2.05, 4.69) is 10.1 Å². The van der Waals surface area contributed by atoms with Crippen LogP contribution in [0, 0.1) is 19.8 Å². The molecule has 240 valence electrons. The second-order valence-corrected chi connectivity index (χ2v) is 11.2. The second kappa shape index (κ2) is 12.1. The van der Waals surface area contributed by atoms with Gasteiger partial charge in [0.1, 0.15) is 0 Å². The van der Waals surface area contributed by atoms with Gasteiger partial charge in [0.15, 0.2) is 6.10 Å². The highest BCUT2D eigenvalue weighted by atomic mass is 19.4. The Bertz CT molecular complexity index is 1850. The molecule has 0 fully saturated rings. The van der Waals surface area contributed by atoms with Crippen LogP contribution in [0.25, 0.3) is 22.3 Å². The van der Waals surface area contributed by atoms with Crippen molar-refractivity contribution < 1.29 is 45.8 Å². The summed E-state index contributed by atoms with van der Waals surface area (Å²) in [7, 11) is 1.38. The first kappa shape index (κ1) is 32.5. The molecule has 6 nitrogen and oxygen atoms in total. The average Bonchev–Trinajstić information content (AvgIpc) is 3.35. The number of carbonyl (C=O) groups is 1. The molecule has 1 aliphatic rings. The number of ether oxygens (including phenoxy) is 1. The van der Waals surface area contributed by atoms with Crippen molar-refractivity contribution in [2.45, 2.75) is 45.6 Å². The van der Waals surface area contributed by atoms with Crippen molar-refractivity contribution in [3.63, 3.8) is 0 Å². The number of nitrogens with zero attached hydrogens (tertiary/aromatic N) is 2. The number of carboxylic acids is 1. The second-order valence-electron chi connectivity index (χ2n) is 11.2. The Labute approximate surface area is 260 Å². The quantitative estimate of drug-likeness (QED) is 0.204. The smallest absolute Gasteiger partial charge is 0.416 e. The van der Waals surface area contributed by atoms with Gasteiger partial charge in [0.2, 0.25) is 5.88 Å². The fourth-order valence-electron chi connectivity index (χ4n) is 5.61. The number of benzene rings is 3. The summed E-state index contributed by atoms with van der Waals surface area (Å²) in [6.45, 7) is 4.97. The van der Waals surface area contributed by atoms with Crippen molar-refractivity contribution >= 4 is 11.7 Å². The van der Waals surface area contributed by atoms with Gasteiger partial charge in [-0.1, -0.05) is 35.8 Å². The number of rotatable bonds is 7. The van der Waals surface area contributed by atoms with E-state index in [1.807, 2.05) is 0 Å². The lowest BCUT2D eigenvalue weighted by Gasteiger charge is -2.19. The third-order valence-electron chi connectivity index (χ3n) is 7.94. The molecule has 4 aromatic rings. The van der Waals surface area contributed by atoms with Crippen molar-refractivity contribution in [1.82, 2.24) is 4.98 Å². The number of pyridine rings is 1. The fourth-order valence-corrected chi connectivity index (χ4v) is 5.61. The van der Waals surface area contributed by atoms with E-state index in [1.54, 1.807) is 32.0 Å². The summed E-state index contributed by atoms with van der Waals surface area (Å²) in [5.74, 6) is -1.51. The first-order chi connectivity index (χ1) is 21.6. The summed E-state index contributed by atoms with van der Waals surface area (Å²) in [4.78, 5) is 21.4. The molecule has 5 rings (SSSR count). The first-order valence-corrected chi connectivity index (χ1v) is 14.1. The number of hydrogen-bond acceptors (Lipinski definition) is 5. The van der Waals surface area contributed by atoms with Gasteiger partial charge in [-0.15, -0.1) is 0 Å². The largest absolute Gasteiger partial charge is 0.481 e. The van der Waals surface area contributed by atoms with Crippen LogP contribution in [0.4, 0.5) is 26.3 Å². The number of methoxy groups -OCH3 is 1. The van der Waals surface area contributed by atoms with Crippen LogP contribution in [0.2, 0.25) is 0 Å². The van der Waals surface area contributed by atoms with E-state index < -0.39 is 41.5 Å². The molecule has 3 aromatic carbocycles. The van der Waals surface area contributed by atoms with Crippen LogP contribution in [0.5, 0.6) is 5.88 Å². The molecule has 0 unspecified atom stereocenters.